The van der Waals surface area contributed by atoms with E-state index in [1.807, 2.05) is 6.92 Å². The average molecular weight is 232 g/mol. The molecule has 1 N–H and O–H groups in total. The summed E-state index contributed by atoms with van der Waals surface area (Å²) in [6, 6.07) is 0. The Balaban J connectivity index is 2.16. The second-order valence-electron chi connectivity index (χ2n) is 6.94. The summed E-state index contributed by atoms with van der Waals surface area (Å²) in [5.41, 5.74) is 1.43. The number of hydrogen-bond acceptors (Lipinski definition) is 2. The van der Waals surface area contributed by atoms with Gasteiger partial charge in [-0.05, 0) is 43.6 Å². The lowest BCUT2D eigenvalue weighted by atomic mass is 9.67. The highest BCUT2D eigenvalue weighted by Crippen LogP contribution is 2.67. The first-order chi connectivity index (χ1) is 7.71. The third kappa shape index (κ3) is 1.17. The monoisotopic (exact) mass is 232 g/mol. The molecule has 1 spiro atoms. The van der Waals surface area contributed by atoms with Gasteiger partial charge >= 0.3 is 0 Å². The Labute approximate surface area is 102 Å². The number of rotatable bonds is 0. The highest BCUT2D eigenvalue weighted by Gasteiger charge is 2.65. The van der Waals surface area contributed by atoms with Gasteiger partial charge in [-0.2, -0.15) is 0 Å². The molecule has 0 saturated heterocycles. The first-order valence-electron chi connectivity index (χ1n) is 6.40. The minimum atomic E-state index is -0.846. The van der Waals surface area contributed by atoms with E-state index in [1.54, 1.807) is 0 Å². The van der Waals surface area contributed by atoms with Gasteiger partial charge < -0.3 is 5.11 Å². The summed E-state index contributed by atoms with van der Waals surface area (Å²) in [6.45, 7) is 10.2. The third-order valence-corrected chi connectivity index (χ3v) is 5.07. The highest BCUT2D eigenvalue weighted by molar-refractivity contribution is 6.12. The Bertz CT molecular complexity index is 473. The summed E-state index contributed by atoms with van der Waals surface area (Å²) in [6.07, 6.45) is 3.44. The van der Waals surface area contributed by atoms with Crippen LogP contribution in [0.3, 0.4) is 0 Å². The van der Waals surface area contributed by atoms with E-state index in [-0.39, 0.29) is 16.6 Å². The van der Waals surface area contributed by atoms with Crippen LogP contribution >= 0.6 is 0 Å². The van der Waals surface area contributed by atoms with Crippen molar-refractivity contribution in [1.82, 2.24) is 0 Å². The van der Waals surface area contributed by atoms with Crippen molar-refractivity contribution in [2.45, 2.75) is 52.1 Å². The van der Waals surface area contributed by atoms with Crippen molar-refractivity contribution in [3.05, 3.63) is 23.3 Å². The lowest BCUT2D eigenvalue weighted by molar-refractivity contribution is -0.115. The van der Waals surface area contributed by atoms with E-state index >= 15 is 0 Å². The minimum Gasteiger partial charge on any atom is -0.385 e. The van der Waals surface area contributed by atoms with E-state index in [4.69, 9.17) is 0 Å². The predicted molar refractivity (Wildman–Crippen MR) is 66.5 cm³/mol. The predicted octanol–water partition coefficient (Wildman–Crippen LogP) is 2.77. The van der Waals surface area contributed by atoms with E-state index in [9.17, 15) is 9.90 Å². The molecule has 2 nitrogen and oxygen atoms in total. The van der Waals surface area contributed by atoms with Gasteiger partial charge in [-0.3, -0.25) is 4.79 Å². The first kappa shape index (κ1) is 11.2. The molecule has 0 radical (unpaired) electrons. The summed E-state index contributed by atoms with van der Waals surface area (Å²) >= 11 is 0. The molecule has 3 rings (SSSR count). The van der Waals surface area contributed by atoms with Crippen LogP contribution in [0.4, 0.5) is 0 Å². The molecule has 92 valence electrons. The van der Waals surface area contributed by atoms with Gasteiger partial charge in [0.2, 0.25) is 0 Å². The number of ketones is 1. The van der Waals surface area contributed by atoms with Gasteiger partial charge in [0, 0.05) is 16.6 Å². The molecule has 1 unspecified atom stereocenters. The number of hydrogen-bond donors (Lipinski definition) is 1. The molecule has 0 heterocycles. The van der Waals surface area contributed by atoms with Crippen LogP contribution in [0.15, 0.2) is 23.3 Å². The zero-order valence-corrected chi connectivity index (χ0v) is 10.9. The number of carbonyl (C=O) groups excluding carboxylic acids is 1. The van der Waals surface area contributed by atoms with E-state index in [0.717, 1.165) is 36.8 Å². The largest absolute Gasteiger partial charge is 0.385 e. The smallest absolute Gasteiger partial charge is 0.185 e. The molecule has 3 aliphatic rings. The molecule has 0 aromatic carbocycles. The Morgan fingerprint density at radius 3 is 2.29 bits per heavy atom. The van der Waals surface area contributed by atoms with Crippen LogP contribution in [0.2, 0.25) is 0 Å². The van der Waals surface area contributed by atoms with E-state index in [2.05, 4.69) is 20.4 Å². The molecule has 0 amide bonds. The Morgan fingerprint density at radius 1 is 1.18 bits per heavy atom. The summed E-state index contributed by atoms with van der Waals surface area (Å²) in [4.78, 5) is 12.4. The van der Waals surface area contributed by atoms with Crippen molar-refractivity contribution < 1.29 is 9.90 Å². The summed E-state index contributed by atoms with van der Waals surface area (Å²) in [7, 11) is 0. The quantitative estimate of drug-likeness (QED) is 0.652. The van der Waals surface area contributed by atoms with Crippen LogP contribution in [0, 0.1) is 10.8 Å². The van der Waals surface area contributed by atoms with Crippen molar-refractivity contribution in [2.75, 3.05) is 0 Å². The summed E-state index contributed by atoms with van der Waals surface area (Å²) in [5, 5.41) is 10.9. The van der Waals surface area contributed by atoms with Gasteiger partial charge in [-0.15, -0.1) is 0 Å². The normalized spacial score (nSPS) is 37.6. The van der Waals surface area contributed by atoms with Crippen molar-refractivity contribution >= 4 is 5.78 Å². The average Bonchev–Trinajstić information content (AvgIpc) is 2.95. The molecule has 0 aliphatic heterocycles. The minimum absolute atomic E-state index is 0.102. The number of aliphatic hydroxyl groups is 1. The van der Waals surface area contributed by atoms with Crippen molar-refractivity contribution in [3.8, 4) is 0 Å². The van der Waals surface area contributed by atoms with Gasteiger partial charge in [0.15, 0.2) is 5.78 Å². The molecule has 3 aliphatic carbocycles. The van der Waals surface area contributed by atoms with Gasteiger partial charge in [0.1, 0.15) is 0 Å². The van der Waals surface area contributed by atoms with Gasteiger partial charge in [-0.25, -0.2) is 0 Å². The fourth-order valence-corrected chi connectivity index (χ4v) is 3.81. The number of carbonyl (C=O) groups is 1. The topological polar surface area (TPSA) is 37.3 Å². The van der Waals surface area contributed by atoms with E-state index < -0.39 is 5.60 Å². The summed E-state index contributed by atoms with van der Waals surface area (Å²) < 4.78 is 0. The SMILES string of the molecule is C=C1C(=O)C2=C(CC(C)(C)C2)C(C)(O)C12CC2. The van der Waals surface area contributed by atoms with Crippen LogP contribution < -0.4 is 0 Å². The molecule has 2 heteroatoms. The fraction of sp³-hybridized carbons (Fsp3) is 0.667. The second-order valence-corrected chi connectivity index (χ2v) is 6.94. The molecule has 1 fully saturated rings. The van der Waals surface area contributed by atoms with Gasteiger partial charge in [0.05, 0.1) is 5.60 Å². The molecule has 0 aromatic heterocycles. The first-order valence-corrected chi connectivity index (χ1v) is 6.40. The van der Waals surface area contributed by atoms with E-state index in [0.29, 0.717) is 5.57 Å². The van der Waals surface area contributed by atoms with Crippen LogP contribution in [0.25, 0.3) is 0 Å². The molecular weight excluding hydrogens is 212 g/mol. The number of Topliss-reactive ketones (excluding diaryl/α,β-unsaturated/α-hetero) is 1. The Morgan fingerprint density at radius 2 is 1.76 bits per heavy atom. The highest BCUT2D eigenvalue weighted by atomic mass is 16.3. The lowest BCUT2D eigenvalue weighted by Crippen LogP contribution is -2.45. The maximum atomic E-state index is 12.4. The molecule has 0 bridgehead atoms. The van der Waals surface area contributed by atoms with Gasteiger partial charge in [0.25, 0.3) is 0 Å². The van der Waals surface area contributed by atoms with Crippen LogP contribution in [0.1, 0.15) is 46.5 Å². The summed E-state index contributed by atoms with van der Waals surface area (Å²) in [5.74, 6) is 0.120. The third-order valence-electron chi connectivity index (χ3n) is 5.07. The zero-order chi connectivity index (χ0) is 12.6. The molecule has 0 aromatic rings. The fourth-order valence-electron chi connectivity index (χ4n) is 3.81. The standard InChI is InChI=1S/C15H20O2/c1-9-12(16)10-7-13(2,3)8-11(10)14(4,17)15(9)5-6-15/h17H,1,5-8H2,2-4H3. The maximum Gasteiger partial charge on any atom is 0.185 e. The van der Waals surface area contributed by atoms with Crippen molar-refractivity contribution in [1.29, 1.82) is 0 Å². The Hall–Kier alpha value is -0.890. The van der Waals surface area contributed by atoms with Crippen LogP contribution in [-0.4, -0.2) is 16.5 Å². The van der Waals surface area contributed by atoms with Crippen LogP contribution in [-0.2, 0) is 4.79 Å². The van der Waals surface area contributed by atoms with Gasteiger partial charge in [-0.1, -0.05) is 20.4 Å². The molecule has 1 saturated carbocycles. The van der Waals surface area contributed by atoms with E-state index in [1.165, 1.54) is 0 Å². The second kappa shape index (κ2) is 2.74. The Kier molecular flexibility index (Phi) is 1.81. The molecule has 1 atom stereocenters. The van der Waals surface area contributed by atoms with Crippen LogP contribution in [0.5, 0.6) is 0 Å². The lowest BCUT2D eigenvalue weighted by Gasteiger charge is -2.40. The van der Waals surface area contributed by atoms with Crippen molar-refractivity contribution in [3.63, 3.8) is 0 Å². The number of allylic oxidation sites excluding steroid dienone is 1. The molecular formula is C15H20O2. The zero-order valence-electron chi connectivity index (χ0n) is 10.9. The van der Waals surface area contributed by atoms with Crippen molar-refractivity contribution in [2.24, 2.45) is 10.8 Å². The maximum absolute atomic E-state index is 12.4. The molecule has 17 heavy (non-hydrogen) atoms.